The summed E-state index contributed by atoms with van der Waals surface area (Å²) < 4.78 is 13.4. The van der Waals surface area contributed by atoms with Crippen LogP contribution in [0.5, 0.6) is 0 Å². The molecule has 0 amide bonds. The Labute approximate surface area is 229 Å². The monoisotopic (exact) mass is 543 g/mol. The number of oxazole rings is 1. The van der Waals surface area contributed by atoms with Crippen molar-refractivity contribution in [2.24, 2.45) is 5.92 Å². The third-order valence-electron chi connectivity index (χ3n) is 8.89. The summed E-state index contributed by atoms with van der Waals surface area (Å²) in [6.07, 6.45) is 5.52. The van der Waals surface area contributed by atoms with E-state index in [1.54, 1.807) is 0 Å². The lowest BCUT2D eigenvalue weighted by Gasteiger charge is -2.52. The van der Waals surface area contributed by atoms with Crippen molar-refractivity contribution in [3.05, 3.63) is 65.0 Å². The van der Waals surface area contributed by atoms with Crippen LogP contribution in [0.25, 0.3) is 11.1 Å². The predicted octanol–water partition coefficient (Wildman–Crippen LogP) is 2.54. The van der Waals surface area contributed by atoms with Gasteiger partial charge in [-0.3, -0.25) is 4.90 Å². The summed E-state index contributed by atoms with van der Waals surface area (Å²) in [5, 5.41) is 0.662. The molecule has 2 atom stereocenters. The molecule has 4 fully saturated rings. The van der Waals surface area contributed by atoms with Gasteiger partial charge in [0.15, 0.2) is 18.2 Å². The van der Waals surface area contributed by atoms with Crippen LogP contribution >= 0.6 is 11.6 Å². The van der Waals surface area contributed by atoms with Crippen molar-refractivity contribution in [3.63, 3.8) is 0 Å². The minimum Gasteiger partial charge on any atom is -1.00 e. The van der Waals surface area contributed by atoms with Gasteiger partial charge in [0.1, 0.15) is 17.6 Å². The predicted molar refractivity (Wildman–Crippen MR) is 139 cm³/mol. The molecule has 4 aliphatic heterocycles. The largest absolute Gasteiger partial charge is 1.00 e. The molecule has 198 valence electrons. The SMILES string of the molecule is C[C@](C(=O)O[C@H]1C[N+]2(Cc3nc4cc(Cl)ccc4o3)CCC1CC2)(c1ccccc1)N1CCCCC1.[Cl-]. The molecule has 37 heavy (non-hydrogen) atoms. The highest BCUT2D eigenvalue weighted by atomic mass is 35.5. The molecule has 4 aliphatic rings. The van der Waals surface area contributed by atoms with Crippen molar-refractivity contribution in [1.82, 2.24) is 9.88 Å². The van der Waals surface area contributed by atoms with Gasteiger partial charge >= 0.3 is 5.97 Å². The molecule has 6 nitrogen and oxygen atoms in total. The van der Waals surface area contributed by atoms with E-state index >= 15 is 0 Å². The normalized spacial score (nSPS) is 27.4. The van der Waals surface area contributed by atoms with E-state index < -0.39 is 5.54 Å². The number of halogens is 2. The summed E-state index contributed by atoms with van der Waals surface area (Å²) in [4.78, 5) is 21.1. The van der Waals surface area contributed by atoms with Gasteiger partial charge in [0.25, 0.3) is 5.89 Å². The second kappa shape index (κ2) is 10.6. The lowest BCUT2D eigenvalue weighted by atomic mass is 9.82. The summed E-state index contributed by atoms with van der Waals surface area (Å²) in [6.45, 7) is 7.59. The molecular formula is C29H35Cl2N3O3. The smallest absolute Gasteiger partial charge is 0.331 e. The standard InChI is InChI=1S/C29H35ClN3O3.ClH/c1-29(22-8-4-2-5-9-22,32-14-6-3-7-15-32)28(34)36-26-19-33(16-12-21(26)13-17-33)20-27-31-24-18-23(30)10-11-25(24)35-27;/h2,4-5,8-11,18,21,26H,3,6-7,12-17,19-20H2,1H3;1H/q+1;/p-1/t21?,26-,29+,33?;/m0./s1. The number of hydrogen-bond acceptors (Lipinski definition) is 5. The fraction of sp³-hybridized carbons (Fsp3) is 0.517. The zero-order valence-corrected chi connectivity index (χ0v) is 22.9. The van der Waals surface area contributed by atoms with Crippen molar-refractivity contribution in [3.8, 4) is 0 Å². The zero-order chi connectivity index (χ0) is 24.8. The Morgan fingerprint density at radius 3 is 2.59 bits per heavy atom. The van der Waals surface area contributed by atoms with Crippen LogP contribution in [-0.2, 0) is 21.6 Å². The van der Waals surface area contributed by atoms with Crippen molar-refractivity contribution in [1.29, 1.82) is 0 Å². The van der Waals surface area contributed by atoms with Crippen LogP contribution in [0, 0.1) is 5.92 Å². The van der Waals surface area contributed by atoms with Gasteiger partial charge in [-0.15, -0.1) is 0 Å². The number of likely N-dealkylation sites (tertiary alicyclic amines) is 1. The van der Waals surface area contributed by atoms with E-state index in [0.717, 1.165) is 92.0 Å². The molecule has 7 rings (SSSR count). The van der Waals surface area contributed by atoms with Crippen LogP contribution in [0.15, 0.2) is 52.9 Å². The maximum Gasteiger partial charge on any atom is 0.331 e. The van der Waals surface area contributed by atoms with Gasteiger partial charge in [-0.2, -0.15) is 0 Å². The number of ether oxygens (including phenoxy) is 1. The molecule has 0 aliphatic carbocycles. The number of fused-ring (bicyclic) bond motifs is 4. The first kappa shape index (κ1) is 26.5. The number of piperidine rings is 4. The highest BCUT2D eigenvalue weighted by Crippen LogP contribution is 2.40. The first-order valence-electron chi connectivity index (χ1n) is 13.4. The third kappa shape index (κ3) is 5.01. The van der Waals surface area contributed by atoms with E-state index in [1.165, 1.54) is 6.42 Å². The molecule has 0 radical (unpaired) electrons. The van der Waals surface area contributed by atoms with E-state index in [-0.39, 0.29) is 24.5 Å². The number of esters is 1. The van der Waals surface area contributed by atoms with Gasteiger partial charge in [0.2, 0.25) is 0 Å². The van der Waals surface area contributed by atoms with E-state index in [1.807, 2.05) is 36.4 Å². The molecular weight excluding hydrogens is 509 g/mol. The molecule has 0 unspecified atom stereocenters. The van der Waals surface area contributed by atoms with Crippen LogP contribution in [0.1, 0.15) is 50.5 Å². The number of carbonyl (C=O) groups excluding carboxylic acids is 1. The molecule has 5 heterocycles. The van der Waals surface area contributed by atoms with Gasteiger partial charge in [-0.1, -0.05) is 48.4 Å². The first-order valence-corrected chi connectivity index (χ1v) is 13.7. The number of rotatable bonds is 6. The number of hydrogen-bond donors (Lipinski definition) is 0. The van der Waals surface area contributed by atoms with Gasteiger partial charge in [0.05, 0.1) is 13.1 Å². The van der Waals surface area contributed by atoms with E-state index in [0.29, 0.717) is 10.9 Å². The molecule has 8 heteroatoms. The molecule has 0 N–H and O–H groups in total. The summed E-state index contributed by atoms with van der Waals surface area (Å²) in [6, 6.07) is 15.7. The molecule has 1 aromatic heterocycles. The average molecular weight is 545 g/mol. The molecule has 0 spiro atoms. The maximum absolute atomic E-state index is 14.0. The zero-order valence-electron chi connectivity index (χ0n) is 21.4. The molecule has 0 saturated carbocycles. The van der Waals surface area contributed by atoms with E-state index in [9.17, 15) is 4.79 Å². The Balaban J connectivity index is 0.00000280. The summed E-state index contributed by atoms with van der Waals surface area (Å²) in [5.74, 6) is 1.06. The van der Waals surface area contributed by atoms with Crippen LogP contribution in [0.4, 0.5) is 0 Å². The third-order valence-corrected chi connectivity index (χ3v) is 9.12. The van der Waals surface area contributed by atoms with Crippen molar-refractivity contribution in [2.75, 3.05) is 32.7 Å². The van der Waals surface area contributed by atoms with Crippen LogP contribution in [0.3, 0.4) is 0 Å². The van der Waals surface area contributed by atoms with Crippen molar-refractivity contribution >= 4 is 28.7 Å². The van der Waals surface area contributed by atoms with Gasteiger partial charge < -0.3 is 26.0 Å². The minimum absolute atomic E-state index is 0. The molecule has 2 bridgehead atoms. The molecule has 2 aromatic carbocycles. The topological polar surface area (TPSA) is 55.6 Å². The lowest BCUT2D eigenvalue weighted by molar-refractivity contribution is -0.959. The number of aromatic nitrogens is 1. The quantitative estimate of drug-likeness (QED) is 0.353. The van der Waals surface area contributed by atoms with E-state index in [2.05, 4.69) is 24.0 Å². The maximum atomic E-state index is 14.0. The Kier molecular flexibility index (Phi) is 7.56. The first-order chi connectivity index (χ1) is 17.5. The Morgan fingerprint density at radius 1 is 1.14 bits per heavy atom. The Morgan fingerprint density at radius 2 is 1.86 bits per heavy atom. The Hall–Kier alpha value is -2.12. The van der Waals surface area contributed by atoms with Gasteiger partial charge in [0, 0.05) is 23.8 Å². The molecule has 4 saturated heterocycles. The van der Waals surface area contributed by atoms with Crippen molar-refractivity contribution < 1.29 is 30.8 Å². The molecule has 3 aromatic rings. The van der Waals surface area contributed by atoms with Gasteiger partial charge in [-0.05, 0) is 56.6 Å². The summed E-state index contributed by atoms with van der Waals surface area (Å²) in [5.41, 5.74) is 1.82. The minimum atomic E-state index is -0.766. The van der Waals surface area contributed by atoms with Crippen LogP contribution < -0.4 is 12.4 Å². The highest BCUT2D eigenvalue weighted by Gasteiger charge is 2.51. The number of nitrogens with zero attached hydrogens (tertiary/aromatic N) is 3. The van der Waals surface area contributed by atoms with Crippen molar-refractivity contribution in [2.45, 2.75) is 57.2 Å². The van der Waals surface area contributed by atoms with Crippen LogP contribution in [-0.4, -0.2) is 59.2 Å². The summed E-state index contributed by atoms with van der Waals surface area (Å²) in [7, 11) is 0. The second-order valence-electron chi connectivity index (χ2n) is 11.1. The summed E-state index contributed by atoms with van der Waals surface area (Å²) >= 11 is 6.15. The van der Waals surface area contributed by atoms with Crippen LogP contribution in [0.2, 0.25) is 5.02 Å². The Bertz CT molecular complexity index is 1240. The van der Waals surface area contributed by atoms with Gasteiger partial charge in [-0.25, -0.2) is 9.78 Å². The fourth-order valence-corrected chi connectivity index (χ4v) is 6.83. The fourth-order valence-electron chi connectivity index (χ4n) is 6.67. The number of benzene rings is 2. The van der Waals surface area contributed by atoms with E-state index in [4.69, 9.17) is 25.7 Å². The highest BCUT2D eigenvalue weighted by molar-refractivity contribution is 6.31. The second-order valence-corrected chi connectivity index (χ2v) is 11.6. The lowest BCUT2D eigenvalue weighted by Crippen LogP contribution is -3.00. The average Bonchev–Trinajstić information content (AvgIpc) is 3.30. The number of carbonyl (C=O) groups is 1. The number of quaternary nitrogens is 1.